The number of hydrogen-bond acceptors (Lipinski definition) is 4. The molecule has 2 aliphatic rings. The van der Waals surface area contributed by atoms with Gasteiger partial charge in [0.05, 0.1) is 11.3 Å². The zero-order chi connectivity index (χ0) is 26.8. The maximum atomic E-state index is 13.0. The molecule has 1 fully saturated rings. The molecule has 3 aromatic carbocycles. The third-order valence-electron chi connectivity index (χ3n) is 7.93. The van der Waals surface area contributed by atoms with Crippen molar-refractivity contribution in [1.29, 1.82) is 0 Å². The molecule has 2 N–H and O–H groups in total. The van der Waals surface area contributed by atoms with Crippen LogP contribution in [0.2, 0.25) is 0 Å². The fourth-order valence-corrected chi connectivity index (χ4v) is 5.77. The Morgan fingerprint density at radius 2 is 1.79 bits per heavy atom. The zero-order valence-electron chi connectivity index (χ0n) is 21.7. The summed E-state index contributed by atoms with van der Waals surface area (Å²) >= 11 is 0. The van der Waals surface area contributed by atoms with E-state index in [4.69, 9.17) is 0 Å². The summed E-state index contributed by atoms with van der Waals surface area (Å²) in [7, 11) is 0. The van der Waals surface area contributed by atoms with Crippen LogP contribution in [0.15, 0.2) is 91.1 Å². The predicted molar refractivity (Wildman–Crippen MR) is 150 cm³/mol. The van der Waals surface area contributed by atoms with Crippen molar-refractivity contribution in [2.75, 3.05) is 6.54 Å². The van der Waals surface area contributed by atoms with Crippen LogP contribution in [0, 0.1) is 5.92 Å². The number of carbonyl (C=O) groups excluding carboxylic acids is 1. The Morgan fingerprint density at radius 3 is 2.59 bits per heavy atom. The molecule has 1 aliphatic heterocycles. The number of carboxylic acid groups (broad SMARTS) is 1. The van der Waals surface area contributed by atoms with Crippen LogP contribution in [0.3, 0.4) is 0 Å². The summed E-state index contributed by atoms with van der Waals surface area (Å²) < 4.78 is 0. The molecule has 1 amide bonds. The fraction of sp³-hybridized carbons (Fsp3) is 0.242. The standard InChI is InChI=1S/C33H31N3O3/c37-32(30-18-29(30)22-7-2-1-3-8-22)35-19-25-12-13-27(23-9-6-10-24(17-23)33(38)39)28-14-16-36(21-31(25)28)20-26-11-4-5-15-34-26/h1-13,15,17,29-30H,14,16,18-21H2,(H,35,37)(H,38,39). The number of fused-ring (bicyclic) bond motifs is 1. The highest BCUT2D eigenvalue weighted by Crippen LogP contribution is 2.47. The van der Waals surface area contributed by atoms with Crippen molar-refractivity contribution < 1.29 is 14.7 Å². The highest BCUT2D eigenvalue weighted by molar-refractivity contribution is 5.89. The minimum Gasteiger partial charge on any atom is -0.478 e. The Bertz CT molecular complexity index is 1500. The van der Waals surface area contributed by atoms with Gasteiger partial charge < -0.3 is 10.4 Å². The first-order valence-corrected chi connectivity index (χ1v) is 13.5. The van der Waals surface area contributed by atoms with E-state index in [1.54, 1.807) is 18.2 Å². The monoisotopic (exact) mass is 517 g/mol. The van der Waals surface area contributed by atoms with Crippen molar-refractivity contribution >= 4 is 11.9 Å². The van der Waals surface area contributed by atoms with Crippen molar-refractivity contribution in [3.05, 3.63) is 125 Å². The number of aromatic nitrogens is 1. The number of aromatic carboxylic acids is 1. The van der Waals surface area contributed by atoms with E-state index in [2.05, 4.69) is 39.5 Å². The molecular weight excluding hydrogens is 486 g/mol. The first-order chi connectivity index (χ1) is 19.1. The van der Waals surface area contributed by atoms with Gasteiger partial charge in [-0.1, -0.05) is 60.7 Å². The SMILES string of the molecule is O=C(O)c1cccc(-c2ccc(CNC(=O)C3CC3c3ccccc3)c3c2CCN(Cc2ccccn2)C3)c1. The largest absolute Gasteiger partial charge is 0.478 e. The fourth-order valence-electron chi connectivity index (χ4n) is 5.77. The summed E-state index contributed by atoms with van der Waals surface area (Å²) in [6.45, 7) is 2.86. The molecule has 2 unspecified atom stereocenters. The molecule has 0 radical (unpaired) electrons. The van der Waals surface area contributed by atoms with Crippen LogP contribution in [0.5, 0.6) is 0 Å². The molecule has 1 aromatic heterocycles. The van der Waals surface area contributed by atoms with Crippen LogP contribution < -0.4 is 5.32 Å². The second-order valence-electron chi connectivity index (χ2n) is 10.5. The van der Waals surface area contributed by atoms with E-state index in [0.29, 0.717) is 12.5 Å². The highest BCUT2D eigenvalue weighted by atomic mass is 16.4. The van der Waals surface area contributed by atoms with E-state index in [1.165, 1.54) is 16.7 Å². The van der Waals surface area contributed by atoms with Crippen LogP contribution in [-0.2, 0) is 30.8 Å². The van der Waals surface area contributed by atoms with Gasteiger partial charge in [0.25, 0.3) is 0 Å². The quantitative estimate of drug-likeness (QED) is 0.326. The van der Waals surface area contributed by atoms with E-state index in [-0.39, 0.29) is 17.4 Å². The molecule has 0 saturated heterocycles. The maximum Gasteiger partial charge on any atom is 0.335 e. The molecule has 1 saturated carbocycles. The lowest BCUT2D eigenvalue weighted by atomic mass is 9.87. The van der Waals surface area contributed by atoms with Gasteiger partial charge in [-0.05, 0) is 76.4 Å². The van der Waals surface area contributed by atoms with E-state index >= 15 is 0 Å². The molecule has 0 bridgehead atoms. The van der Waals surface area contributed by atoms with Crippen LogP contribution in [0.4, 0.5) is 0 Å². The van der Waals surface area contributed by atoms with Crippen molar-refractivity contribution in [2.45, 2.75) is 38.4 Å². The molecule has 39 heavy (non-hydrogen) atoms. The van der Waals surface area contributed by atoms with Crippen molar-refractivity contribution in [3.8, 4) is 11.1 Å². The molecule has 6 rings (SSSR count). The maximum absolute atomic E-state index is 13.0. The average Bonchev–Trinajstić information content (AvgIpc) is 3.78. The molecule has 1 aliphatic carbocycles. The lowest BCUT2D eigenvalue weighted by Gasteiger charge is -2.32. The highest BCUT2D eigenvalue weighted by Gasteiger charge is 2.43. The zero-order valence-corrected chi connectivity index (χ0v) is 21.7. The molecule has 196 valence electrons. The molecule has 2 heterocycles. The van der Waals surface area contributed by atoms with Crippen LogP contribution in [0.1, 0.15) is 50.6 Å². The van der Waals surface area contributed by atoms with Crippen molar-refractivity contribution in [3.63, 3.8) is 0 Å². The Morgan fingerprint density at radius 1 is 0.949 bits per heavy atom. The summed E-state index contributed by atoms with van der Waals surface area (Å²) in [6, 6.07) is 27.6. The Hall–Kier alpha value is -4.29. The van der Waals surface area contributed by atoms with Crippen LogP contribution >= 0.6 is 0 Å². The number of carboxylic acids is 1. The molecular formula is C33H31N3O3. The summed E-state index contributed by atoms with van der Waals surface area (Å²) in [4.78, 5) is 31.5. The minimum atomic E-state index is -0.930. The third-order valence-corrected chi connectivity index (χ3v) is 7.93. The minimum absolute atomic E-state index is 0.0295. The van der Waals surface area contributed by atoms with Gasteiger partial charge in [-0.3, -0.25) is 14.7 Å². The number of pyridine rings is 1. The second-order valence-corrected chi connectivity index (χ2v) is 10.5. The van der Waals surface area contributed by atoms with Crippen LogP contribution in [0.25, 0.3) is 11.1 Å². The van der Waals surface area contributed by atoms with E-state index in [9.17, 15) is 14.7 Å². The van der Waals surface area contributed by atoms with E-state index in [1.807, 2.05) is 48.7 Å². The lowest BCUT2D eigenvalue weighted by molar-refractivity contribution is -0.122. The number of benzene rings is 3. The summed E-state index contributed by atoms with van der Waals surface area (Å²) in [5.41, 5.74) is 8.06. The first kappa shape index (κ1) is 25.0. The Balaban J connectivity index is 1.25. The van der Waals surface area contributed by atoms with Gasteiger partial charge in [0.2, 0.25) is 5.91 Å². The number of amides is 1. The number of hydrogen-bond donors (Lipinski definition) is 2. The third kappa shape index (κ3) is 5.47. The number of nitrogens with zero attached hydrogens (tertiary/aromatic N) is 2. The van der Waals surface area contributed by atoms with Crippen molar-refractivity contribution in [1.82, 2.24) is 15.2 Å². The Labute approximate surface area is 228 Å². The second kappa shape index (κ2) is 10.8. The summed E-state index contributed by atoms with van der Waals surface area (Å²) in [5.74, 6) is -0.489. The molecule has 6 nitrogen and oxygen atoms in total. The van der Waals surface area contributed by atoms with Gasteiger partial charge >= 0.3 is 5.97 Å². The average molecular weight is 518 g/mol. The van der Waals surface area contributed by atoms with E-state index in [0.717, 1.165) is 54.9 Å². The molecule has 2 atom stereocenters. The van der Waals surface area contributed by atoms with Gasteiger partial charge in [-0.25, -0.2) is 4.79 Å². The topological polar surface area (TPSA) is 82.5 Å². The number of rotatable bonds is 8. The lowest BCUT2D eigenvalue weighted by Crippen LogP contribution is -2.33. The summed E-state index contributed by atoms with van der Waals surface area (Å²) in [5, 5.41) is 12.7. The Kier molecular flexibility index (Phi) is 6.95. The smallest absolute Gasteiger partial charge is 0.335 e. The van der Waals surface area contributed by atoms with Crippen LogP contribution in [-0.4, -0.2) is 33.4 Å². The van der Waals surface area contributed by atoms with Gasteiger partial charge in [-0.15, -0.1) is 0 Å². The van der Waals surface area contributed by atoms with Gasteiger partial charge in [0.1, 0.15) is 0 Å². The van der Waals surface area contributed by atoms with Gasteiger partial charge in [0.15, 0.2) is 0 Å². The first-order valence-electron chi connectivity index (χ1n) is 13.5. The molecule has 6 heteroatoms. The predicted octanol–water partition coefficient (Wildman–Crippen LogP) is 5.43. The normalized spacial score (nSPS) is 18.3. The van der Waals surface area contributed by atoms with Gasteiger partial charge in [-0.2, -0.15) is 0 Å². The molecule has 0 spiro atoms. The molecule has 4 aromatic rings. The van der Waals surface area contributed by atoms with Crippen molar-refractivity contribution in [2.24, 2.45) is 5.92 Å². The summed E-state index contributed by atoms with van der Waals surface area (Å²) in [6.07, 6.45) is 3.56. The van der Waals surface area contributed by atoms with E-state index < -0.39 is 5.97 Å². The number of nitrogens with one attached hydrogen (secondary N) is 1. The van der Waals surface area contributed by atoms with Gasteiger partial charge in [0, 0.05) is 38.3 Å². The number of carbonyl (C=O) groups is 2.